The van der Waals surface area contributed by atoms with Gasteiger partial charge in [-0.2, -0.15) is 0 Å². The maximum atomic E-state index is 5.60. The second-order valence-corrected chi connectivity index (χ2v) is 5.69. The molecule has 1 saturated heterocycles. The molecule has 1 aliphatic rings. The van der Waals surface area contributed by atoms with Crippen LogP contribution in [0.5, 0.6) is 5.75 Å². The highest BCUT2D eigenvalue weighted by Gasteiger charge is 2.13. The number of rotatable bonds is 8. The molecule has 21 heavy (non-hydrogen) atoms. The predicted octanol–water partition coefficient (Wildman–Crippen LogP) is 2.29. The van der Waals surface area contributed by atoms with E-state index in [0.29, 0.717) is 6.04 Å². The molecule has 0 aromatic heterocycles. The van der Waals surface area contributed by atoms with Crippen molar-refractivity contribution in [1.29, 1.82) is 0 Å². The zero-order chi connectivity index (χ0) is 14.9. The van der Waals surface area contributed by atoms with Gasteiger partial charge >= 0.3 is 0 Å². The second-order valence-electron chi connectivity index (χ2n) is 5.69. The fourth-order valence-electron chi connectivity index (χ4n) is 2.45. The minimum absolute atomic E-state index is 0.485. The molecule has 0 amide bonds. The highest BCUT2D eigenvalue weighted by molar-refractivity contribution is 5.27. The van der Waals surface area contributed by atoms with Crippen molar-refractivity contribution in [2.75, 3.05) is 39.5 Å². The first-order valence-electron chi connectivity index (χ1n) is 8.03. The molecule has 1 aromatic carbocycles. The zero-order valence-electron chi connectivity index (χ0n) is 13.3. The monoisotopic (exact) mass is 292 g/mol. The average molecular weight is 292 g/mol. The topological polar surface area (TPSA) is 33.7 Å². The molecule has 1 unspecified atom stereocenters. The summed E-state index contributed by atoms with van der Waals surface area (Å²) in [5, 5.41) is 3.59. The maximum absolute atomic E-state index is 5.60. The van der Waals surface area contributed by atoms with Crippen LogP contribution in [-0.2, 0) is 11.3 Å². The Bertz CT molecular complexity index is 388. The van der Waals surface area contributed by atoms with Gasteiger partial charge in [0.25, 0.3) is 0 Å². The lowest BCUT2D eigenvalue weighted by Crippen LogP contribution is -2.44. The van der Waals surface area contributed by atoms with Gasteiger partial charge in [0.05, 0.1) is 19.8 Å². The lowest BCUT2D eigenvalue weighted by molar-refractivity contribution is 0.0343. The highest BCUT2D eigenvalue weighted by Crippen LogP contribution is 2.12. The molecular weight excluding hydrogens is 264 g/mol. The molecule has 118 valence electrons. The SMILES string of the molecule is CCCOc1ccc(CNC(C)CN2CCOCC2)cc1. The van der Waals surface area contributed by atoms with Crippen LogP contribution in [0, 0.1) is 0 Å². The van der Waals surface area contributed by atoms with Gasteiger partial charge in [0.1, 0.15) is 5.75 Å². The molecule has 1 fully saturated rings. The Labute approximate surface area is 128 Å². The molecule has 0 saturated carbocycles. The number of morpholine rings is 1. The molecule has 1 atom stereocenters. The summed E-state index contributed by atoms with van der Waals surface area (Å²) >= 11 is 0. The molecule has 1 aromatic rings. The van der Waals surface area contributed by atoms with Crippen molar-refractivity contribution in [2.24, 2.45) is 0 Å². The van der Waals surface area contributed by atoms with Crippen LogP contribution >= 0.6 is 0 Å². The van der Waals surface area contributed by atoms with Crippen LogP contribution in [0.25, 0.3) is 0 Å². The van der Waals surface area contributed by atoms with Gasteiger partial charge < -0.3 is 14.8 Å². The van der Waals surface area contributed by atoms with Gasteiger partial charge in [-0.1, -0.05) is 19.1 Å². The van der Waals surface area contributed by atoms with Crippen molar-refractivity contribution in [3.63, 3.8) is 0 Å². The van der Waals surface area contributed by atoms with E-state index in [-0.39, 0.29) is 0 Å². The van der Waals surface area contributed by atoms with Crippen LogP contribution in [0.4, 0.5) is 0 Å². The standard InChI is InChI=1S/C17H28N2O2/c1-3-10-21-17-6-4-16(5-7-17)13-18-15(2)14-19-8-11-20-12-9-19/h4-7,15,18H,3,8-14H2,1-2H3. The van der Waals surface area contributed by atoms with Crippen LogP contribution in [-0.4, -0.2) is 50.4 Å². The Morgan fingerprint density at radius 1 is 1.24 bits per heavy atom. The quantitative estimate of drug-likeness (QED) is 0.797. The Hall–Kier alpha value is -1.10. The minimum atomic E-state index is 0.485. The van der Waals surface area contributed by atoms with E-state index < -0.39 is 0 Å². The third-order valence-corrected chi connectivity index (χ3v) is 3.69. The van der Waals surface area contributed by atoms with Crippen molar-refractivity contribution in [3.8, 4) is 5.75 Å². The van der Waals surface area contributed by atoms with Gasteiger partial charge in [-0.15, -0.1) is 0 Å². The average Bonchev–Trinajstić information content (AvgIpc) is 2.53. The molecule has 1 N–H and O–H groups in total. The Morgan fingerprint density at radius 2 is 1.95 bits per heavy atom. The number of hydrogen-bond acceptors (Lipinski definition) is 4. The predicted molar refractivity (Wildman–Crippen MR) is 85.8 cm³/mol. The van der Waals surface area contributed by atoms with Crippen molar-refractivity contribution in [3.05, 3.63) is 29.8 Å². The summed E-state index contributed by atoms with van der Waals surface area (Å²) in [6, 6.07) is 8.87. The minimum Gasteiger partial charge on any atom is -0.494 e. The second kappa shape index (κ2) is 9.03. The van der Waals surface area contributed by atoms with E-state index >= 15 is 0 Å². The van der Waals surface area contributed by atoms with Crippen molar-refractivity contribution < 1.29 is 9.47 Å². The van der Waals surface area contributed by atoms with Crippen molar-refractivity contribution >= 4 is 0 Å². The molecule has 0 aliphatic carbocycles. The van der Waals surface area contributed by atoms with Crippen LogP contribution in [0.2, 0.25) is 0 Å². The summed E-state index contributed by atoms with van der Waals surface area (Å²) in [5.41, 5.74) is 1.30. The first kappa shape index (κ1) is 16.3. The molecule has 0 bridgehead atoms. The van der Waals surface area contributed by atoms with Gasteiger partial charge in [-0.3, -0.25) is 4.90 Å². The first-order chi connectivity index (χ1) is 10.3. The molecule has 1 heterocycles. The Kier molecular flexibility index (Phi) is 7.00. The van der Waals surface area contributed by atoms with Crippen LogP contribution in [0.3, 0.4) is 0 Å². The van der Waals surface area contributed by atoms with Gasteiger partial charge in [0.15, 0.2) is 0 Å². The third kappa shape index (κ3) is 6.04. The van der Waals surface area contributed by atoms with Gasteiger partial charge in [0, 0.05) is 32.2 Å². The summed E-state index contributed by atoms with van der Waals surface area (Å²) in [5.74, 6) is 0.960. The van der Waals surface area contributed by atoms with Gasteiger partial charge in [0.2, 0.25) is 0 Å². The van der Waals surface area contributed by atoms with Crippen LogP contribution in [0.1, 0.15) is 25.8 Å². The van der Waals surface area contributed by atoms with Crippen LogP contribution in [0.15, 0.2) is 24.3 Å². The number of nitrogens with one attached hydrogen (secondary N) is 1. The number of ether oxygens (including phenoxy) is 2. The maximum Gasteiger partial charge on any atom is 0.119 e. The molecular formula is C17H28N2O2. The van der Waals surface area contributed by atoms with E-state index in [1.165, 1.54) is 5.56 Å². The number of nitrogens with zero attached hydrogens (tertiary/aromatic N) is 1. The van der Waals surface area contributed by atoms with E-state index in [1.54, 1.807) is 0 Å². The molecule has 1 aliphatic heterocycles. The van der Waals surface area contributed by atoms with E-state index in [0.717, 1.165) is 58.2 Å². The normalized spacial score (nSPS) is 17.6. The van der Waals surface area contributed by atoms with Gasteiger partial charge in [-0.25, -0.2) is 0 Å². The summed E-state index contributed by atoms with van der Waals surface area (Å²) in [6.45, 7) is 11.0. The van der Waals surface area contributed by atoms with E-state index in [2.05, 4.69) is 48.3 Å². The lowest BCUT2D eigenvalue weighted by atomic mass is 10.2. The van der Waals surface area contributed by atoms with Crippen LogP contribution < -0.4 is 10.1 Å². The van der Waals surface area contributed by atoms with Crippen molar-refractivity contribution in [1.82, 2.24) is 10.2 Å². The number of hydrogen-bond donors (Lipinski definition) is 1. The fraction of sp³-hybridized carbons (Fsp3) is 0.647. The lowest BCUT2D eigenvalue weighted by Gasteiger charge is -2.29. The summed E-state index contributed by atoms with van der Waals surface area (Å²) in [7, 11) is 0. The molecule has 4 heteroatoms. The van der Waals surface area contributed by atoms with E-state index in [9.17, 15) is 0 Å². The third-order valence-electron chi connectivity index (χ3n) is 3.69. The smallest absolute Gasteiger partial charge is 0.119 e. The Balaban J connectivity index is 1.69. The first-order valence-corrected chi connectivity index (χ1v) is 8.03. The van der Waals surface area contributed by atoms with E-state index in [4.69, 9.17) is 9.47 Å². The molecule has 0 radical (unpaired) electrons. The van der Waals surface area contributed by atoms with Crippen molar-refractivity contribution in [2.45, 2.75) is 32.9 Å². The zero-order valence-corrected chi connectivity index (χ0v) is 13.3. The van der Waals surface area contributed by atoms with Gasteiger partial charge in [-0.05, 0) is 31.0 Å². The summed E-state index contributed by atoms with van der Waals surface area (Å²) in [6.07, 6.45) is 1.04. The fourth-order valence-corrected chi connectivity index (χ4v) is 2.45. The number of benzene rings is 1. The largest absolute Gasteiger partial charge is 0.494 e. The highest BCUT2D eigenvalue weighted by atomic mass is 16.5. The summed E-state index contributed by atoms with van der Waals surface area (Å²) in [4.78, 5) is 2.46. The molecule has 4 nitrogen and oxygen atoms in total. The molecule has 0 spiro atoms. The Morgan fingerprint density at radius 3 is 2.62 bits per heavy atom. The molecule has 2 rings (SSSR count). The summed E-state index contributed by atoms with van der Waals surface area (Å²) < 4.78 is 11.0. The van der Waals surface area contributed by atoms with E-state index in [1.807, 2.05) is 0 Å².